The molecule has 0 fully saturated rings. The van der Waals surface area contributed by atoms with Crippen LogP contribution in [0, 0.1) is 0 Å². The Labute approximate surface area is 201 Å². The first-order chi connectivity index (χ1) is 16.1. The molecule has 0 saturated carbocycles. The largest absolute Gasteiger partial charge is 0.484 e. The van der Waals surface area contributed by atoms with Crippen LogP contribution < -0.4 is 20.7 Å². The maximum Gasteiger partial charge on any atom is 0.407 e. The van der Waals surface area contributed by atoms with Crippen LogP contribution in [-0.2, 0) is 27.3 Å². The predicted octanol–water partition coefficient (Wildman–Crippen LogP) is 4.19. The average Bonchev–Trinajstić information content (AvgIpc) is 2.77. The zero-order valence-electron chi connectivity index (χ0n) is 20.4. The summed E-state index contributed by atoms with van der Waals surface area (Å²) < 4.78 is 10.7. The number of carbonyl (C=O) groups excluding carboxylic acids is 3. The van der Waals surface area contributed by atoms with Crippen molar-refractivity contribution < 1.29 is 23.9 Å². The quantitative estimate of drug-likeness (QED) is 0.458. The van der Waals surface area contributed by atoms with E-state index in [1.54, 1.807) is 32.9 Å². The molecule has 0 aliphatic carbocycles. The van der Waals surface area contributed by atoms with Crippen LogP contribution >= 0.6 is 0 Å². The van der Waals surface area contributed by atoms with Crippen LogP contribution in [0.3, 0.4) is 0 Å². The number of hydrogen-bond donors (Lipinski definition) is 3. The number of hydrogen-bond acceptors (Lipinski definition) is 5. The van der Waals surface area contributed by atoms with Crippen LogP contribution in [0.25, 0.3) is 0 Å². The number of carbonyl (C=O) groups is 3. The van der Waals surface area contributed by atoms with Crippen LogP contribution in [0.2, 0.25) is 0 Å². The minimum atomic E-state index is -0.582. The zero-order valence-corrected chi connectivity index (χ0v) is 20.4. The Balaban J connectivity index is 1.66. The first kappa shape index (κ1) is 26.7. The Bertz CT molecular complexity index is 934. The third-order valence-corrected chi connectivity index (χ3v) is 4.58. The molecular weight excluding hydrogens is 434 g/mol. The fourth-order valence-corrected chi connectivity index (χ4v) is 2.96. The molecule has 0 radical (unpaired) electrons. The Hall–Kier alpha value is -3.55. The van der Waals surface area contributed by atoms with E-state index in [0.717, 1.165) is 18.4 Å². The molecule has 0 saturated heterocycles. The van der Waals surface area contributed by atoms with E-state index in [-0.39, 0.29) is 31.4 Å². The lowest BCUT2D eigenvalue weighted by Gasteiger charge is -2.19. The van der Waals surface area contributed by atoms with E-state index >= 15 is 0 Å². The van der Waals surface area contributed by atoms with Crippen molar-refractivity contribution in [1.82, 2.24) is 10.6 Å². The minimum Gasteiger partial charge on any atom is -0.484 e. The molecule has 0 aliphatic heterocycles. The number of ether oxygens (including phenoxy) is 2. The van der Waals surface area contributed by atoms with Gasteiger partial charge in [0.15, 0.2) is 6.61 Å². The molecule has 0 bridgehead atoms. The van der Waals surface area contributed by atoms with Gasteiger partial charge in [0.1, 0.15) is 11.4 Å². The summed E-state index contributed by atoms with van der Waals surface area (Å²) in [6.45, 7) is 7.92. The summed E-state index contributed by atoms with van der Waals surface area (Å²) in [5.41, 5.74) is 2.19. The Morgan fingerprint density at radius 1 is 0.853 bits per heavy atom. The molecule has 8 heteroatoms. The van der Waals surface area contributed by atoms with Gasteiger partial charge in [0.2, 0.25) is 5.91 Å². The number of rotatable bonds is 11. The van der Waals surface area contributed by atoms with E-state index in [9.17, 15) is 14.4 Å². The number of anilines is 1. The average molecular weight is 470 g/mol. The molecule has 0 spiro atoms. The smallest absolute Gasteiger partial charge is 0.407 e. The summed E-state index contributed by atoms with van der Waals surface area (Å²) in [5, 5.41) is 8.13. The summed E-state index contributed by atoms with van der Waals surface area (Å²) in [7, 11) is 0. The molecule has 0 unspecified atom stereocenters. The van der Waals surface area contributed by atoms with E-state index in [1.807, 2.05) is 36.4 Å². The summed E-state index contributed by atoms with van der Waals surface area (Å²) in [4.78, 5) is 35.7. The highest BCUT2D eigenvalue weighted by molar-refractivity contribution is 5.91. The molecule has 184 valence electrons. The number of alkyl carbamates (subject to hydrolysis) is 1. The second-order valence-electron chi connectivity index (χ2n) is 8.88. The molecule has 2 aromatic rings. The van der Waals surface area contributed by atoms with Crippen molar-refractivity contribution in [2.45, 2.75) is 59.1 Å². The van der Waals surface area contributed by atoms with Crippen LogP contribution in [-0.4, -0.2) is 36.7 Å². The van der Waals surface area contributed by atoms with E-state index in [1.165, 1.54) is 5.56 Å². The topological polar surface area (TPSA) is 106 Å². The summed E-state index contributed by atoms with van der Waals surface area (Å²) in [6.07, 6.45) is 1.68. The van der Waals surface area contributed by atoms with Gasteiger partial charge in [-0.15, -0.1) is 0 Å². The fraction of sp³-hybridized carbons (Fsp3) is 0.423. The van der Waals surface area contributed by atoms with Crippen molar-refractivity contribution >= 4 is 23.6 Å². The van der Waals surface area contributed by atoms with Crippen LogP contribution in [0.15, 0.2) is 48.5 Å². The molecule has 2 rings (SSSR count). The van der Waals surface area contributed by atoms with E-state index in [0.29, 0.717) is 18.0 Å². The van der Waals surface area contributed by atoms with Gasteiger partial charge in [0.25, 0.3) is 5.91 Å². The molecule has 0 aromatic heterocycles. The number of amides is 3. The normalized spacial score (nSPS) is 10.8. The number of aryl methyl sites for hydroxylation is 1. The second kappa shape index (κ2) is 13.2. The van der Waals surface area contributed by atoms with Gasteiger partial charge in [0, 0.05) is 25.2 Å². The molecule has 3 N–H and O–H groups in total. The predicted molar refractivity (Wildman–Crippen MR) is 132 cm³/mol. The summed E-state index contributed by atoms with van der Waals surface area (Å²) in [6, 6.07) is 14.9. The molecule has 0 heterocycles. The van der Waals surface area contributed by atoms with Gasteiger partial charge < -0.3 is 25.4 Å². The highest BCUT2D eigenvalue weighted by Gasteiger charge is 2.15. The molecule has 0 atom stereocenters. The highest BCUT2D eigenvalue weighted by Crippen LogP contribution is 2.13. The van der Waals surface area contributed by atoms with Crippen molar-refractivity contribution in [3.8, 4) is 5.75 Å². The number of nitrogens with one attached hydrogen (secondary N) is 3. The molecule has 0 aliphatic rings. The summed E-state index contributed by atoms with van der Waals surface area (Å²) in [5.74, 6) is 0.223. The maximum absolute atomic E-state index is 12.1. The zero-order chi connectivity index (χ0) is 25.0. The van der Waals surface area contributed by atoms with E-state index < -0.39 is 11.7 Å². The van der Waals surface area contributed by atoms with E-state index in [4.69, 9.17) is 9.47 Å². The maximum atomic E-state index is 12.1. The van der Waals surface area contributed by atoms with Gasteiger partial charge >= 0.3 is 6.09 Å². The fourth-order valence-electron chi connectivity index (χ4n) is 2.96. The van der Waals surface area contributed by atoms with Crippen LogP contribution in [0.1, 0.15) is 51.7 Å². The molecule has 8 nitrogen and oxygen atoms in total. The van der Waals surface area contributed by atoms with Crippen molar-refractivity contribution in [3.05, 3.63) is 59.7 Å². The lowest BCUT2D eigenvalue weighted by atomic mass is 10.1. The van der Waals surface area contributed by atoms with Gasteiger partial charge in [-0.3, -0.25) is 9.59 Å². The Morgan fingerprint density at radius 2 is 1.50 bits per heavy atom. The Kier molecular flexibility index (Phi) is 10.4. The standard InChI is InChI=1S/C26H35N3O5/c1-5-6-19-9-13-22(14-10-19)33-18-24(31)28-17-20-7-11-21(12-8-20)29-23(30)15-16-27-25(32)34-26(2,3)4/h7-14H,5-6,15-18H2,1-4H3,(H,27,32)(H,28,31)(H,29,30). The molecule has 2 aromatic carbocycles. The van der Waals surface area contributed by atoms with Crippen molar-refractivity contribution in [2.24, 2.45) is 0 Å². The third kappa shape index (κ3) is 10.8. The molecule has 3 amide bonds. The monoisotopic (exact) mass is 469 g/mol. The first-order valence-corrected chi connectivity index (χ1v) is 11.5. The Morgan fingerprint density at radius 3 is 2.12 bits per heavy atom. The first-order valence-electron chi connectivity index (χ1n) is 11.5. The van der Waals surface area contributed by atoms with Crippen molar-refractivity contribution in [2.75, 3.05) is 18.5 Å². The van der Waals surface area contributed by atoms with Gasteiger partial charge in [-0.05, 0) is 62.6 Å². The number of benzene rings is 2. The van der Waals surface area contributed by atoms with E-state index in [2.05, 4.69) is 22.9 Å². The van der Waals surface area contributed by atoms with Gasteiger partial charge in [-0.1, -0.05) is 37.6 Å². The van der Waals surface area contributed by atoms with Crippen molar-refractivity contribution in [1.29, 1.82) is 0 Å². The molecular formula is C26H35N3O5. The minimum absolute atomic E-state index is 0.0569. The third-order valence-electron chi connectivity index (χ3n) is 4.58. The SMILES string of the molecule is CCCc1ccc(OCC(=O)NCc2ccc(NC(=O)CCNC(=O)OC(C)(C)C)cc2)cc1. The van der Waals surface area contributed by atoms with Gasteiger partial charge in [-0.2, -0.15) is 0 Å². The summed E-state index contributed by atoms with van der Waals surface area (Å²) >= 11 is 0. The lowest BCUT2D eigenvalue weighted by molar-refractivity contribution is -0.123. The lowest BCUT2D eigenvalue weighted by Crippen LogP contribution is -2.34. The second-order valence-corrected chi connectivity index (χ2v) is 8.88. The van der Waals surface area contributed by atoms with Gasteiger partial charge in [0.05, 0.1) is 0 Å². The van der Waals surface area contributed by atoms with Crippen LogP contribution in [0.4, 0.5) is 10.5 Å². The van der Waals surface area contributed by atoms with Crippen LogP contribution in [0.5, 0.6) is 5.75 Å². The molecule has 34 heavy (non-hydrogen) atoms. The highest BCUT2D eigenvalue weighted by atomic mass is 16.6. The van der Waals surface area contributed by atoms with Crippen molar-refractivity contribution in [3.63, 3.8) is 0 Å². The van der Waals surface area contributed by atoms with Gasteiger partial charge in [-0.25, -0.2) is 4.79 Å².